The first kappa shape index (κ1) is 11.1. The number of carbonyl (C=O) groups is 1. The van der Waals surface area contributed by atoms with Gasteiger partial charge in [0.15, 0.2) is 0 Å². The van der Waals surface area contributed by atoms with E-state index in [1.54, 1.807) is 0 Å². The molecule has 2 heterocycles. The lowest BCUT2D eigenvalue weighted by molar-refractivity contribution is 0.0695. The van der Waals surface area contributed by atoms with Crippen LogP contribution in [0.3, 0.4) is 0 Å². The Morgan fingerprint density at radius 2 is 2.31 bits per heavy atom. The minimum Gasteiger partial charge on any atom is -0.478 e. The predicted octanol–water partition coefficient (Wildman–Crippen LogP) is 1.07. The Hall–Kier alpha value is -1.36. The van der Waals surface area contributed by atoms with Gasteiger partial charge < -0.3 is 10.4 Å². The summed E-state index contributed by atoms with van der Waals surface area (Å²) in [5.74, 6) is -0.878. The molecule has 88 valence electrons. The maximum Gasteiger partial charge on any atom is 0.339 e. The molecule has 0 atom stereocenters. The molecule has 2 N–H and O–H groups in total. The maximum absolute atomic E-state index is 11.0. The van der Waals surface area contributed by atoms with Crippen LogP contribution in [0.25, 0.3) is 0 Å². The fourth-order valence-electron chi connectivity index (χ4n) is 2.28. The molecule has 0 bridgehead atoms. The van der Waals surface area contributed by atoms with Crippen molar-refractivity contribution < 1.29 is 9.90 Å². The number of hydrogen-bond acceptors (Lipinski definition) is 3. The molecule has 1 fully saturated rings. The van der Waals surface area contributed by atoms with Crippen LogP contribution in [-0.4, -0.2) is 33.9 Å². The third-order valence-electron chi connectivity index (χ3n) is 3.12. The Bertz CT molecular complexity index is 381. The number of nitrogens with one attached hydrogen (secondary N) is 1. The summed E-state index contributed by atoms with van der Waals surface area (Å²) in [7, 11) is 0. The van der Waals surface area contributed by atoms with Crippen molar-refractivity contribution in [2.75, 3.05) is 13.1 Å². The first-order valence-electron chi connectivity index (χ1n) is 5.74. The summed E-state index contributed by atoms with van der Waals surface area (Å²) >= 11 is 0. The van der Waals surface area contributed by atoms with E-state index in [0.29, 0.717) is 18.0 Å². The van der Waals surface area contributed by atoms with Gasteiger partial charge >= 0.3 is 5.97 Å². The van der Waals surface area contributed by atoms with Crippen molar-refractivity contribution in [1.82, 2.24) is 15.1 Å². The van der Waals surface area contributed by atoms with E-state index in [1.165, 1.54) is 6.20 Å². The van der Waals surface area contributed by atoms with Gasteiger partial charge in [-0.05, 0) is 32.4 Å². The SMILES string of the molecule is CCc1c(C(=O)O)cnn1C1CCNCC1. The standard InChI is InChI=1S/C11H17N3O2/c1-2-10-9(11(15)16)7-13-14(10)8-3-5-12-6-4-8/h7-8,12H,2-6H2,1H3,(H,15,16). The highest BCUT2D eigenvalue weighted by Gasteiger charge is 2.22. The van der Waals surface area contributed by atoms with Gasteiger partial charge in [-0.15, -0.1) is 0 Å². The van der Waals surface area contributed by atoms with E-state index >= 15 is 0 Å². The van der Waals surface area contributed by atoms with Crippen LogP contribution < -0.4 is 5.32 Å². The number of rotatable bonds is 3. The molecule has 0 aromatic carbocycles. The first-order chi connectivity index (χ1) is 7.74. The third-order valence-corrected chi connectivity index (χ3v) is 3.12. The van der Waals surface area contributed by atoms with E-state index in [2.05, 4.69) is 10.4 Å². The van der Waals surface area contributed by atoms with Gasteiger partial charge in [-0.25, -0.2) is 4.79 Å². The Kier molecular flexibility index (Phi) is 3.24. The van der Waals surface area contributed by atoms with Crippen LogP contribution in [-0.2, 0) is 6.42 Å². The van der Waals surface area contributed by atoms with Crippen LogP contribution in [0.4, 0.5) is 0 Å². The van der Waals surface area contributed by atoms with Crippen LogP contribution >= 0.6 is 0 Å². The van der Waals surface area contributed by atoms with Gasteiger partial charge in [0.05, 0.1) is 17.9 Å². The zero-order chi connectivity index (χ0) is 11.5. The molecule has 1 aliphatic heterocycles. The topological polar surface area (TPSA) is 67.1 Å². The Morgan fingerprint density at radius 3 is 2.88 bits per heavy atom. The quantitative estimate of drug-likeness (QED) is 0.804. The molecule has 1 aromatic rings. The van der Waals surface area contributed by atoms with E-state index in [-0.39, 0.29) is 0 Å². The second-order valence-electron chi connectivity index (χ2n) is 4.09. The fraction of sp³-hybridized carbons (Fsp3) is 0.636. The van der Waals surface area contributed by atoms with Gasteiger partial charge in [0.25, 0.3) is 0 Å². The van der Waals surface area contributed by atoms with Crippen molar-refractivity contribution in [3.05, 3.63) is 17.5 Å². The summed E-state index contributed by atoms with van der Waals surface area (Å²) in [4.78, 5) is 11.0. The van der Waals surface area contributed by atoms with Crippen molar-refractivity contribution in [1.29, 1.82) is 0 Å². The molecular weight excluding hydrogens is 206 g/mol. The molecule has 0 amide bonds. The van der Waals surface area contributed by atoms with Crippen LogP contribution in [0.5, 0.6) is 0 Å². The highest BCUT2D eigenvalue weighted by molar-refractivity contribution is 5.88. The second-order valence-corrected chi connectivity index (χ2v) is 4.09. The number of carboxylic acids is 1. The van der Waals surface area contributed by atoms with Crippen LogP contribution in [0, 0.1) is 0 Å². The molecule has 16 heavy (non-hydrogen) atoms. The highest BCUT2D eigenvalue weighted by atomic mass is 16.4. The fourth-order valence-corrected chi connectivity index (χ4v) is 2.28. The third kappa shape index (κ3) is 1.95. The van der Waals surface area contributed by atoms with Gasteiger partial charge in [-0.1, -0.05) is 6.92 Å². The molecule has 5 nitrogen and oxygen atoms in total. The van der Waals surface area contributed by atoms with Gasteiger partial charge in [-0.2, -0.15) is 5.10 Å². The molecule has 0 saturated carbocycles. The summed E-state index contributed by atoms with van der Waals surface area (Å²) in [6.45, 7) is 3.94. The first-order valence-corrected chi connectivity index (χ1v) is 5.74. The summed E-state index contributed by atoms with van der Waals surface area (Å²) < 4.78 is 1.91. The van der Waals surface area contributed by atoms with E-state index < -0.39 is 5.97 Å². The molecule has 1 aromatic heterocycles. The van der Waals surface area contributed by atoms with Crippen molar-refractivity contribution in [2.45, 2.75) is 32.2 Å². The molecule has 0 unspecified atom stereocenters. The average molecular weight is 223 g/mol. The summed E-state index contributed by atoms with van der Waals surface area (Å²) in [5, 5.41) is 16.6. The second kappa shape index (κ2) is 4.65. The maximum atomic E-state index is 11.0. The Balaban J connectivity index is 2.29. The highest BCUT2D eigenvalue weighted by Crippen LogP contribution is 2.22. The van der Waals surface area contributed by atoms with Gasteiger partial charge in [0, 0.05) is 0 Å². The van der Waals surface area contributed by atoms with Crippen molar-refractivity contribution in [2.24, 2.45) is 0 Å². The lowest BCUT2D eigenvalue weighted by Crippen LogP contribution is -2.30. The average Bonchev–Trinajstić information content (AvgIpc) is 2.73. The van der Waals surface area contributed by atoms with Crippen LogP contribution in [0.2, 0.25) is 0 Å². The number of piperidine rings is 1. The zero-order valence-electron chi connectivity index (χ0n) is 9.44. The Labute approximate surface area is 94.5 Å². The predicted molar refractivity (Wildman–Crippen MR) is 59.7 cm³/mol. The monoisotopic (exact) mass is 223 g/mol. The summed E-state index contributed by atoms with van der Waals surface area (Å²) in [5.41, 5.74) is 1.19. The van der Waals surface area contributed by atoms with E-state index in [4.69, 9.17) is 5.11 Å². The van der Waals surface area contributed by atoms with Gasteiger partial charge in [0.1, 0.15) is 5.56 Å². The van der Waals surface area contributed by atoms with Gasteiger partial charge in [-0.3, -0.25) is 4.68 Å². The van der Waals surface area contributed by atoms with Crippen molar-refractivity contribution in [3.63, 3.8) is 0 Å². The largest absolute Gasteiger partial charge is 0.478 e. The lowest BCUT2D eigenvalue weighted by atomic mass is 10.1. The minimum absolute atomic E-state index is 0.348. The van der Waals surface area contributed by atoms with Gasteiger partial charge in [0.2, 0.25) is 0 Å². The molecule has 1 saturated heterocycles. The number of aromatic carboxylic acids is 1. The number of carboxylic acid groups (broad SMARTS) is 1. The number of aromatic nitrogens is 2. The van der Waals surface area contributed by atoms with Crippen LogP contribution in [0.15, 0.2) is 6.20 Å². The molecule has 2 rings (SSSR count). The van der Waals surface area contributed by atoms with Crippen molar-refractivity contribution >= 4 is 5.97 Å². The normalized spacial score (nSPS) is 17.6. The Morgan fingerprint density at radius 1 is 1.62 bits per heavy atom. The lowest BCUT2D eigenvalue weighted by Gasteiger charge is -2.24. The minimum atomic E-state index is -0.878. The zero-order valence-corrected chi connectivity index (χ0v) is 9.44. The molecule has 0 spiro atoms. The van der Waals surface area contributed by atoms with Crippen LogP contribution in [0.1, 0.15) is 41.9 Å². The number of nitrogens with zero attached hydrogens (tertiary/aromatic N) is 2. The molecule has 0 radical (unpaired) electrons. The van der Waals surface area contributed by atoms with E-state index in [9.17, 15) is 4.79 Å². The summed E-state index contributed by atoms with van der Waals surface area (Å²) in [6, 6.07) is 0.351. The summed E-state index contributed by atoms with van der Waals surface area (Å²) in [6.07, 6.45) is 4.23. The molecular formula is C11H17N3O2. The van der Waals surface area contributed by atoms with Crippen molar-refractivity contribution in [3.8, 4) is 0 Å². The molecule has 0 aliphatic carbocycles. The molecule has 5 heteroatoms. The van der Waals surface area contributed by atoms with E-state index in [0.717, 1.165) is 31.6 Å². The van der Waals surface area contributed by atoms with E-state index in [1.807, 2.05) is 11.6 Å². The smallest absolute Gasteiger partial charge is 0.339 e. The number of hydrogen-bond donors (Lipinski definition) is 2. The molecule has 1 aliphatic rings.